The number of fused-ring (bicyclic) bond motifs is 1. The summed E-state index contributed by atoms with van der Waals surface area (Å²) in [6, 6.07) is 2.10. The molecule has 0 atom stereocenters. The van der Waals surface area contributed by atoms with Crippen LogP contribution in [0.5, 0.6) is 0 Å². The van der Waals surface area contributed by atoms with E-state index in [0.29, 0.717) is 4.08 Å². The molecule has 1 aromatic rings. The molecule has 2 spiro atoms. The van der Waals surface area contributed by atoms with Crippen molar-refractivity contribution in [3.05, 3.63) is 22.3 Å². The molecule has 1 N–H and O–H groups in total. The van der Waals surface area contributed by atoms with E-state index in [1.54, 1.807) is 6.20 Å². The van der Waals surface area contributed by atoms with Crippen molar-refractivity contribution in [2.45, 2.75) is 63.9 Å². The summed E-state index contributed by atoms with van der Waals surface area (Å²) < 4.78 is 1.39. The Kier molecular flexibility index (Phi) is 7.71. The molecule has 0 unspecified atom stereocenters. The van der Waals surface area contributed by atoms with Gasteiger partial charge in [0.2, 0.25) is 5.91 Å². The minimum Gasteiger partial charge on any atom is -0.310 e. The molecule has 6 heteroatoms. The number of anilines is 1. The number of nitrogens with one attached hydrogen (secondary N) is 1. The van der Waals surface area contributed by atoms with Crippen molar-refractivity contribution in [3.63, 3.8) is 0 Å². The maximum absolute atomic E-state index is 12.6. The maximum atomic E-state index is 12.6. The molecule has 1 aliphatic carbocycles. The Morgan fingerprint density at radius 3 is 2.28 bits per heavy atom. The highest BCUT2D eigenvalue weighted by molar-refractivity contribution is 9.10. The van der Waals surface area contributed by atoms with Crippen LogP contribution < -0.4 is 5.32 Å². The van der Waals surface area contributed by atoms with Gasteiger partial charge in [-0.25, -0.2) is 4.98 Å². The molecule has 4 rings (SSSR count). The summed E-state index contributed by atoms with van der Waals surface area (Å²) in [5.41, 5.74) is 0.969. The first-order valence-corrected chi connectivity index (χ1v) is 12.1. The molecule has 2 fully saturated rings. The van der Waals surface area contributed by atoms with Gasteiger partial charge in [0, 0.05) is 22.2 Å². The molecule has 140 valence electrons. The molecular weight excluding hydrogens is 416 g/mol. The quantitative estimate of drug-likeness (QED) is 0.522. The first-order chi connectivity index (χ1) is 12.1. The zero-order chi connectivity index (χ0) is 18.5. The molecule has 25 heavy (non-hydrogen) atoms. The molecule has 0 radical (unpaired) electrons. The second-order valence-corrected chi connectivity index (χ2v) is 10.3. The number of carbonyl (C=O) groups excluding carboxylic acids is 1. The number of thioether (sulfide) groups is 2. The summed E-state index contributed by atoms with van der Waals surface area (Å²) in [4.78, 5) is 17.0. The number of rotatable bonds is 0. The molecule has 2 aliphatic heterocycles. The number of nitrogens with zero attached hydrogens (tertiary/aromatic N) is 1. The number of hydrogen-bond donors (Lipinski definition) is 1. The molecule has 0 aromatic carbocycles. The highest BCUT2D eigenvalue weighted by Gasteiger charge is 2.50. The van der Waals surface area contributed by atoms with Crippen molar-refractivity contribution < 1.29 is 4.79 Å². The first-order valence-electron chi connectivity index (χ1n) is 9.35. The number of aromatic nitrogens is 1. The minimum atomic E-state index is -0.204. The topological polar surface area (TPSA) is 42.0 Å². The van der Waals surface area contributed by atoms with E-state index in [0.717, 1.165) is 42.4 Å². The van der Waals surface area contributed by atoms with E-state index in [4.69, 9.17) is 0 Å². The lowest BCUT2D eigenvalue weighted by Gasteiger charge is -2.45. The van der Waals surface area contributed by atoms with Gasteiger partial charge in [-0.3, -0.25) is 4.79 Å². The second kappa shape index (κ2) is 9.14. The highest BCUT2D eigenvalue weighted by atomic mass is 79.9. The third kappa shape index (κ3) is 4.38. The van der Waals surface area contributed by atoms with Crippen LogP contribution in [0.2, 0.25) is 0 Å². The second-order valence-electron chi connectivity index (χ2n) is 6.18. The molecule has 1 saturated carbocycles. The number of amides is 1. The van der Waals surface area contributed by atoms with Crippen LogP contribution >= 0.6 is 39.5 Å². The van der Waals surface area contributed by atoms with Crippen molar-refractivity contribution in [1.82, 2.24) is 4.98 Å². The number of halogens is 1. The van der Waals surface area contributed by atoms with E-state index < -0.39 is 0 Å². The standard InChI is InChI=1S/C15H17BrN2OS2.2C2H6/c16-11-7-10-8-14(13(19)18-12(10)17-9-11)1-3-15(4-2-14)20-5-6-21-15;2*1-2/h7,9H,1-6,8H2,(H,17,18,19);2*1-2H3. The third-order valence-corrected chi connectivity index (χ3v) is 9.04. The van der Waals surface area contributed by atoms with Gasteiger partial charge >= 0.3 is 0 Å². The van der Waals surface area contributed by atoms with Crippen LogP contribution in [0.15, 0.2) is 16.7 Å². The van der Waals surface area contributed by atoms with Gasteiger partial charge in [0.05, 0.1) is 9.49 Å². The molecular formula is C19H29BrN2OS2. The predicted molar refractivity (Wildman–Crippen MR) is 116 cm³/mol. The number of hydrogen-bond acceptors (Lipinski definition) is 4. The van der Waals surface area contributed by atoms with Gasteiger partial charge in [0.25, 0.3) is 0 Å². The minimum absolute atomic E-state index is 0.188. The van der Waals surface area contributed by atoms with E-state index in [9.17, 15) is 4.79 Å². The van der Waals surface area contributed by atoms with Gasteiger partial charge in [-0.05, 0) is 59.7 Å². The Morgan fingerprint density at radius 2 is 1.68 bits per heavy atom. The summed E-state index contributed by atoms with van der Waals surface area (Å²) in [6.07, 6.45) is 6.92. The average Bonchev–Trinajstić information content (AvgIpc) is 3.11. The zero-order valence-corrected chi connectivity index (χ0v) is 18.9. The SMILES string of the molecule is CC.CC.O=C1Nc2ncc(Br)cc2CC12CCC1(CC2)SCCS1. The summed E-state index contributed by atoms with van der Waals surface area (Å²) in [7, 11) is 0. The molecule has 1 saturated heterocycles. The van der Waals surface area contributed by atoms with Gasteiger partial charge < -0.3 is 5.32 Å². The fourth-order valence-corrected chi connectivity index (χ4v) is 7.32. The van der Waals surface area contributed by atoms with Crippen LogP contribution in [0.4, 0.5) is 5.82 Å². The van der Waals surface area contributed by atoms with Crippen molar-refractivity contribution in [2.24, 2.45) is 5.41 Å². The number of carbonyl (C=O) groups is 1. The Labute approximate surface area is 169 Å². The van der Waals surface area contributed by atoms with E-state index >= 15 is 0 Å². The van der Waals surface area contributed by atoms with Gasteiger partial charge in [-0.15, -0.1) is 23.5 Å². The predicted octanol–water partition coefficient (Wildman–Crippen LogP) is 6.13. The van der Waals surface area contributed by atoms with Crippen LogP contribution in [-0.4, -0.2) is 26.5 Å². The molecule has 1 amide bonds. The molecule has 3 nitrogen and oxygen atoms in total. The lowest BCUT2D eigenvalue weighted by Crippen LogP contribution is -2.46. The van der Waals surface area contributed by atoms with E-state index in [2.05, 4.69) is 55.8 Å². The number of pyridine rings is 1. The van der Waals surface area contributed by atoms with Gasteiger partial charge in [0.1, 0.15) is 5.82 Å². The fourth-order valence-electron chi connectivity index (χ4n) is 3.71. The van der Waals surface area contributed by atoms with Crippen molar-refractivity contribution in [3.8, 4) is 0 Å². The summed E-state index contributed by atoms with van der Waals surface area (Å²) in [6.45, 7) is 8.00. The van der Waals surface area contributed by atoms with Crippen LogP contribution in [-0.2, 0) is 11.2 Å². The third-order valence-electron chi connectivity index (χ3n) is 4.96. The highest BCUT2D eigenvalue weighted by Crippen LogP contribution is 2.58. The Balaban J connectivity index is 0.000000528. The Hall–Kier alpha value is -0.200. The monoisotopic (exact) mass is 444 g/mol. The summed E-state index contributed by atoms with van der Waals surface area (Å²) >= 11 is 7.71. The van der Waals surface area contributed by atoms with Gasteiger partial charge in [0.15, 0.2) is 0 Å². The van der Waals surface area contributed by atoms with E-state index in [1.807, 2.05) is 27.7 Å². The molecule has 1 aromatic heterocycles. The smallest absolute Gasteiger partial charge is 0.232 e. The zero-order valence-electron chi connectivity index (χ0n) is 15.7. The average molecular weight is 445 g/mol. The molecule has 0 bridgehead atoms. The largest absolute Gasteiger partial charge is 0.310 e. The summed E-state index contributed by atoms with van der Waals surface area (Å²) in [5.74, 6) is 3.47. The van der Waals surface area contributed by atoms with Crippen LogP contribution in [0, 0.1) is 5.41 Å². The van der Waals surface area contributed by atoms with Crippen molar-refractivity contribution >= 4 is 51.2 Å². The van der Waals surface area contributed by atoms with Crippen molar-refractivity contribution in [1.29, 1.82) is 0 Å². The van der Waals surface area contributed by atoms with E-state index in [1.165, 1.54) is 17.1 Å². The normalized spacial score (nSPS) is 22.2. The van der Waals surface area contributed by atoms with E-state index in [-0.39, 0.29) is 11.3 Å². The maximum Gasteiger partial charge on any atom is 0.232 e. The van der Waals surface area contributed by atoms with Crippen LogP contribution in [0.3, 0.4) is 0 Å². The van der Waals surface area contributed by atoms with Crippen LogP contribution in [0.25, 0.3) is 0 Å². The molecule has 3 heterocycles. The molecule has 3 aliphatic rings. The Morgan fingerprint density at radius 1 is 1.08 bits per heavy atom. The van der Waals surface area contributed by atoms with Crippen molar-refractivity contribution in [2.75, 3.05) is 16.8 Å². The Bertz CT molecular complexity index is 593. The van der Waals surface area contributed by atoms with Gasteiger partial charge in [-0.2, -0.15) is 0 Å². The lowest BCUT2D eigenvalue weighted by molar-refractivity contribution is -0.128. The lowest BCUT2D eigenvalue weighted by atomic mass is 9.68. The first kappa shape index (κ1) is 21.1. The fraction of sp³-hybridized carbons (Fsp3) is 0.684. The van der Waals surface area contributed by atoms with Crippen LogP contribution in [0.1, 0.15) is 58.9 Å². The summed E-state index contributed by atoms with van der Waals surface area (Å²) in [5, 5.41) is 3.04. The van der Waals surface area contributed by atoms with Gasteiger partial charge in [-0.1, -0.05) is 27.7 Å².